The van der Waals surface area contributed by atoms with Gasteiger partial charge in [-0.15, -0.1) is 11.3 Å². The van der Waals surface area contributed by atoms with E-state index in [1.54, 1.807) is 11.3 Å². The molecular weight excluding hydrogens is 290 g/mol. The van der Waals surface area contributed by atoms with Crippen LogP contribution >= 0.6 is 11.3 Å². The van der Waals surface area contributed by atoms with Crippen LogP contribution in [-0.2, 0) is 16.0 Å². The molecule has 0 saturated carbocycles. The summed E-state index contributed by atoms with van der Waals surface area (Å²) in [6.45, 7) is 6.06. The maximum atomic E-state index is 11.3. The molecule has 0 spiro atoms. The molecule has 1 heterocycles. The van der Waals surface area contributed by atoms with E-state index in [1.807, 2.05) is 19.4 Å². The van der Waals surface area contributed by atoms with E-state index in [1.165, 1.54) is 4.88 Å². The minimum atomic E-state index is -0.605. The molecule has 1 amide bonds. The fourth-order valence-corrected chi connectivity index (χ4v) is 2.45. The Labute approximate surface area is 129 Å². The number of rotatable bonds is 11. The first kappa shape index (κ1) is 18.0. The Bertz CT molecular complexity index is 412. The molecule has 0 bridgehead atoms. The summed E-state index contributed by atoms with van der Waals surface area (Å²) in [4.78, 5) is 16.7. The predicted octanol–water partition coefficient (Wildman–Crippen LogP) is 0.487. The van der Waals surface area contributed by atoms with E-state index < -0.39 is 6.10 Å². The van der Waals surface area contributed by atoms with Gasteiger partial charge in [0, 0.05) is 24.4 Å². The zero-order valence-corrected chi connectivity index (χ0v) is 13.5. The van der Waals surface area contributed by atoms with E-state index >= 15 is 0 Å². The first-order valence-corrected chi connectivity index (χ1v) is 8.13. The molecule has 0 aliphatic rings. The van der Waals surface area contributed by atoms with Crippen molar-refractivity contribution in [3.8, 4) is 0 Å². The van der Waals surface area contributed by atoms with Gasteiger partial charge in [0.05, 0.1) is 37.1 Å². The van der Waals surface area contributed by atoms with Gasteiger partial charge in [-0.25, -0.2) is 4.98 Å². The summed E-state index contributed by atoms with van der Waals surface area (Å²) in [5.74, 6) is -0.0503. The fraction of sp³-hybridized carbons (Fsp3) is 0.714. The second kappa shape index (κ2) is 10.7. The molecule has 0 aliphatic heterocycles. The minimum absolute atomic E-state index is 0.0503. The van der Waals surface area contributed by atoms with Crippen molar-refractivity contribution in [2.75, 3.05) is 32.8 Å². The molecule has 0 radical (unpaired) electrons. The van der Waals surface area contributed by atoms with Gasteiger partial charge in [-0.3, -0.25) is 4.79 Å². The Balaban J connectivity index is 2.00. The van der Waals surface area contributed by atoms with Crippen LogP contribution in [0.1, 0.15) is 23.9 Å². The standard InChI is InChI=1S/C14H25N3O3S/c1-3-5-16-14(19)8-15-7-12(18)9-20-6-4-13-11(2)17-10-21-13/h10,12,15,18H,3-9H2,1-2H3,(H,16,19). The minimum Gasteiger partial charge on any atom is -0.389 e. The van der Waals surface area contributed by atoms with Crippen molar-refractivity contribution in [2.45, 2.75) is 32.8 Å². The number of hydrogen-bond acceptors (Lipinski definition) is 6. The first-order valence-electron chi connectivity index (χ1n) is 7.25. The van der Waals surface area contributed by atoms with Gasteiger partial charge in [0.15, 0.2) is 0 Å². The molecule has 0 aromatic carbocycles. The molecule has 0 aliphatic carbocycles. The van der Waals surface area contributed by atoms with Crippen molar-refractivity contribution in [1.82, 2.24) is 15.6 Å². The molecule has 1 rings (SSSR count). The number of aromatic nitrogens is 1. The lowest BCUT2D eigenvalue weighted by Gasteiger charge is -2.12. The van der Waals surface area contributed by atoms with Crippen LogP contribution in [0.3, 0.4) is 0 Å². The van der Waals surface area contributed by atoms with Crippen molar-refractivity contribution in [3.63, 3.8) is 0 Å². The Morgan fingerprint density at radius 3 is 3.05 bits per heavy atom. The van der Waals surface area contributed by atoms with Crippen LogP contribution in [0.4, 0.5) is 0 Å². The van der Waals surface area contributed by atoms with E-state index in [0.717, 1.165) is 18.5 Å². The third-order valence-electron chi connectivity index (χ3n) is 2.87. The van der Waals surface area contributed by atoms with Crippen LogP contribution in [-0.4, -0.2) is 54.9 Å². The van der Waals surface area contributed by atoms with E-state index in [2.05, 4.69) is 15.6 Å². The van der Waals surface area contributed by atoms with Gasteiger partial charge in [0.25, 0.3) is 0 Å². The van der Waals surface area contributed by atoms with Crippen molar-refractivity contribution >= 4 is 17.2 Å². The van der Waals surface area contributed by atoms with Gasteiger partial charge in [-0.2, -0.15) is 0 Å². The predicted molar refractivity (Wildman–Crippen MR) is 83.6 cm³/mol. The first-order chi connectivity index (χ1) is 10.1. The Hall–Kier alpha value is -1.02. The SMILES string of the molecule is CCCNC(=O)CNCC(O)COCCc1scnc1C. The molecule has 3 N–H and O–H groups in total. The number of nitrogens with one attached hydrogen (secondary N) is 2. The molecule has 1 aromatic heterocycles. The summed E-state index contributed by atoms with van der Waals surface area (Å²) in [5.41, 5.74) is 2.87. The second-order valence-corrected chi connectivity index (χ2v) is 5.76. The fourth-order valence-electron chi connectivity index (χ4n) is 1.69. The van der Waals surface area contributed by atoms with Crippen LogP contribution < -0.4 is 10.6 Å². The number of amides is 1. The second-order valence-electron chi connectivity index (χ2n) is 4.82. The summed E-state index contributed by atoms with van der Waals surface area (Å²) < 4.78 is 5.43. The van der Waals surface area contributed by atoms with Gasteiger partial charge < -0.3 is 20.5 Å². The number of nitrogens with zero attached hydrogens (tertiary/aromatic N) is 1. The summed E-state index contributed by atoms with van der Waals surface area (Å²) in [7, 11) is 0. The van der Waals surface area contributed by atoms with Crippen LogP contribution in [0.15, 0.2) is 5.51 Å². The Kier molecular flexibility index (Phi) is 9.16. The van der Waals surface area contributed by atoms with Gasteiger partial charge in [0.1, 0.15) is 0 Å². The average Bonchev–Trinajstić information content (AvgIpc) is 2.87. The molecular formula is C14H25N3O3S. The van der Waals surface area contributed by atoms with Crippen molar-refractivity contribution in [1.29, 1.82) is 0 Å². The van der Waals surface area contributed by atoms with Crippen LogP contribution in [0.25, 0.3) is 0 Å². The monoisotopic (exact) mass is 315 g/mol. The highest BCUT2D eigenvalue weighted by Gasteiger charge is 2.06. The van der Waals surface area contributed by atoms with Gasteiger partial charge in [0.2, 0.25) is 5.91 Å². The molecule has 1 atom stereocenters. The largest absolute Gasteiger partial charge is 0.389 e. The van der Waals surface area contributed by atoms with Crippen molar-refractivity contribution in [3.05, 3.63) is 16.1 Å². The molecule has 7 heteroatoms. The number of hydrogen-bond donors (Lipinski definition) is 3. The van der Waals surface area contributed by atoms with Crippen molar-refractivity contribution in [2.24, 2.45) is 0 Å². The normalized spacial score (nSPS) is 12.3. The Morgan fingerprint density at radius 2 is 2.38 bits per heavy atom. The summed E-state index contributed by atoms with van der Waals surface area (Å²) in [6.07, 6.45) is 1.13. The maximum absolute atomic E-state index is 11.3. The lowest BCUT2D eigenvalue weighted by atomic mass is 10.3. The van der Waals surface area contributed by atoms with Gasteiger partial charge in [-0.05, 0) is 13.3 Å². The topological polar surface area (TPSA) is 83.5 Å². The number of carbonyl (C=O) groups excluding carboxylic acids is 1. The number of aliphatic hydroxyl groups excluding tert-OH is 1. The molecule has 1 unspecified atom stereocenters. The number of aliphatic hydroxyl groups is 1. The molecule has 1 aromatic rings. The average molecular weight is 315 g/mol. The van der Waals surface area contributed by atoms with E-state index in [4.69, 9.17) is 4.74 Å². The molecule has 6 nitrogen and oxygen atoms in total. The van der Waals surface area contributed by atoms with Crippen LogP contribution in [0.5, 0.6) is 0 Å². The third-order valence-corrected chi connectivity index (χ3v) is 3.86. The van der Waals surface area contributed by atoms with E-state index in [0.29, 0.717) is 19.7 Å². The lowest BCUT2D eigenvalue weighted by Crippen LogP contribution is -2.38. The highest BCUT2D eigenvalue weighted by molar-refractivity contribution is 7.09. The lowest BCUT2D eigenvalue weighted by molar-refractivity contribution is -0.120. The van der Waals surface area contributed by atoms with Crippen LogP contribution in [0.2, 0.25) is 0 Å². The van der Waals surface area contributed by atoms with Crippen LogP contribution in [0, 0.1) is 6.92 Å². The molecule has 0 saturated heterocycles. The maximum Gasteiger partial charge on any atom is 0.233 e. The third kappa shape index (κ3) is 8.11. The number of carbonyl (C=O) groups is 1. The van der Waals surface area contributed by atoms with Crippen molar-refractivity contribution < 1.29 is 14.6 Å². The summed E-state index contributed by atoms with van der Waals surface area (Å²) in [6, 6.07) is 0. The summed E-state index contributed by atoms with van der Waals surface area (Å²) in [5, 5.41) is 15.4. The van der Waals surface area contributed by atoms with Gasteiger partial charge >= 0.3 is 0 Å². The molecule has 21 heavy (non-hydrogen) atoms. The number of aryl methyl sites for hydroxylation is 1. The van der Waals surface area contributed by atoms with E-state index in [9.17, 15) is 9.90 Å². The molecule has 120 valence electrons. The quantitative estimate of drug-likeness (QED) is 0.518. The highest BCUT2D eigenvalue weighted by atomic mass is 32.1. The summed E-state index contributed by atoms with van der Waals surface area (Å²) >= 11 is 1.62. The Morgan fingerprint density at radius 1 is 1.57 bits per heavy atom. The number of ether oxygens (including phenoxy) is 1. The van der Waals surface area contributed by atoms with E-state index in [-0.39, 0.29) is 19.1 Å². The zero-order valence-electron chi connectivity index (χ0n) is 12.7. The number of thiazole rings is 1. The molecule has 0 fully saturated rings. The van der Waals surface area contributed by atoms with Gasteiger partial charge in [-0.1, -0.05) is 6.92 Å². The smallest absolute Gasteiger partial charge is 0.233 e. The highest BCUT2D eigenvalue weighted by Crippen LogP contribution is 2.12. The zero-order chi connectivity index (χ0) is 15.5.